The first-order valence-electron chi connectivity index (χ1n) is 16.5. The van der Waals surface area contributed by atoms with Crippen LogP contribution in [0, 0.1) is 11.8 Å². The zero-order valence-corrected chi connectivity index (χ0v) is 36.5. The van der Waals surface area contributed by atoms with Gasteiger partial charge in [-0.25, -0.2) is 0 Å². The molecule has 0 saturated heterocycles. The molecule has 1 aliphatic rings. The molecule has 1 saturated carbocycles. The van der Waals surface area contributed by atoms with E-state index in [0.29, 0.717) is 39.6 Å². The molecule has 0 aromatic carbocycles. The molecule has 0 heterocycles. The maximum Gasteiger partial charge on any atom is 0.500 e. The Morgan fingerprint density at radius 3 is 1.05 bits per heavy atom. The zero-order valence-electron chi connectivity index (χ0n) is 28.0. The molecule has 1 fully saturated rings. The molecule has 0 amide bonds. The topological polar surface area (TPSA) is 55.4 Å². The fraction of sp³-hybridized carbons (Fsp3) is 1.00. The Morgan fingerprint density at radius 1 is 0.455 bits per heavy atom. The van der Waals surface area contributed by atoms with Gasteiger partial charge in [-0.1, -0.05) is 68.9 Å². The van der Waals surface area contributed by atoms with Gasteiger partial charge in [0.1, 0.15) is 0 Å². The third-order valence-corrected chi connectivity index (χ3v) is 26.5. The summed E-state index contributed by atoms with van der Waals surface area (Å²) in [5.41, 5.74) is 0. The Balaban J connectivity index is 2.12. The molecule has 2 unspecified atom stereocenters. The molecule has 44 heavy (non-hydrogen) atoms. The standard InChI is InChI=1S/C28H60O6S8Si2/c1-7-29-43(30-8-2,31-9-3)25-15-21-35-39-41-37-23-19-27-17-13-14-18-28(27)20-24-38-42-40-36-22-16-26-44(32-10-4,33-11-5)34-12-6/h27-28H,7-26H2,1-6H3. The Bertz CT molecular complexity index is 567. The Labute approximate surface area is 303 Å². The van der Waals surface area contributed by atoms with Crippen molar-refractivity contribution in [2.75, 3.05) is 62.7 Å². The SMILES string of the molecule is CCO[Si](CCCSSSSCCC1CCCCC1CCSSSSCCC[Si](OCC)(OCC)OCC)(OCC)OCC. The summed E-state index contributed by atoms with van der Waals surface area (Å²) in [7, 11) is 10.8. The highest BCUT2D eigenvalue weighted by Crippen LogP contribution is 2.47. The Morgan fingerprint density at radius 2 is 0.750 bits per heavy atom. The van der Waals surface area contributed by atoms with Crippen molar-refractivity contribution in [1.29, 1.82) is 0 Å². The summed E-state index contributed by atoms with van der Waals surface area (Å²) in [5.74, 6) is 6.58. The van der Waals surface area contributed by atoms with E-state index in [2.05, 4.69) is 0 Å². The van der Waals surface area contributed by atoms with E-state index >= 15 is 0 Å². The molecular formula is C28H60O6S8Si2. The molecule has 1 aliphatic carbocycles. The molecule has 1 rings (SSSR count). The van der Waals surface area contributed by atoms with E-state index in [-0.39, 0.29) is 0 Å². The van der Waals surface area contributed by atoms with Gasteiger partial charge in [-0.3, -0.25) is 0 Å². The third kappa shape index (κ3) is 21.3. The van der Waals surface area contributed by atoms with Crippen LogP contribution in [0.2, 0.25) is 12.1 Å². The minimum Gasteiger partial charge on any atom is -0.374 e. The van der Waals surface area contributed by atoms with Crippen LogP contribution in [0.15, 0.2) is 0 Å². The average molecular weight is 805 g/mol. The van der Waals surface area contributed by atoms with Crippen LogP contribution in [-0.4, -0.2) is 80.3 Å². The van der Waals surface area contributed by atoms with Gasteiger partial charge in [-0.15, -0.1) is 0 Å². The van der Waals surface area contributed by atoms with Gasteiger partial charge in [0.05, 0.1) is 0 Å². The van der Waals surface area contributed by atoms with Crippen molar-refractivity contribution in [3.63, 3.8) is 0 Å². The van der Waals surface area contributed by atoms with Gasteiger partial charge in [0.25, 0.3) is 0 Å². The first kappa shape index (κ1) is 45.0. The van der Waals surface area contributed by atoms with Crippen LogP contribution in [-0.2, 0) is 26.6 Å². The van der Waals surface area contributed by atoms with Crippen LogP contribution in [0.1, 0.15) is 92.9 Å². The summed E-state index contributed by atoms with van der Waals surface area (Å²) in [6.07, 6.45) is 10.6. The summed E-state index contributed by atoms with van der Waals surface area (Å²) >= 11 is 0. The van der Waals surface area contributed by atoms with Crippen LogP contribution in [0.4, 0.5) is 0 Å². The molecule has 0 spiro atoms. The Hall–Kier alpha value is 2.99. The molecule has 0 bridgehead atoms. The molecule has 16 heteroatoms. The van der Waals surface area contributed by atoms with Crippen molar-refractivity contribution in [2.24, 2.45) is 11.8 Å². The minimum atomic E-state index is -2.49. The smallest absolute Gasteiger partial charge is 0.374 e. The van der Waals surface area contributed by atoms with Gasteiger partial charge in [0, 0.05) is 74.7 Å². The van der Waals surface area contributed by atoms with Crippen LogP contribution in [0.25, 0.3) is 0 Å². The maximum absolute atomic E-state index is 5.97. The van der Waals surface area contributed by atoms with Crippen LogP contribution in [0.3, 0.4) is 0 Å². The average Bonchev–Trinajstić information content (AvgIpc) is 3.01. The number of hydrogen-bond donors (Lipinski definition) is 0. The lowest BCUT2D eigenvalue weighted by Gasteiger charge is -2.31. The maximum atomic E-state index is 5.97. The van der Waals surface area contributed by atoms with Gasteiger partial charge in [-0.2, -0.15) is 0 Å². The first-order chi connectivity index (χ1) is 21.5. The van der Waals surface area contributed by atoms with Gasteiger partial charge >= 0.3 is 17.6 Å². The van der Waals surface area contributed by atoms with Crippen molar-refractivity contribution >= 4 is 100 Å². The predicted molar refractivity (Wildman–Crippen MR) is 215 cm³/mol. The van der Waals surface area contributed by atoms with Crippen molar-refractivity contribution in [2.45, 2.75) is 105 Å². The molecule has 0 aromatic heterocycles. The molecule has 2 atom stereocenters. The summed E-state index contributed by atoms with van der Waals surface area (Å²) < 4.78 is 35.8. The van der Waals surface area contributed by atoms with E-state index in [1.54, 1.807) is 0 Å². The molecule has 0 radical (unpaired) electrons. The van der Waals surface area contributed by atoms with Crippen LogP contribution in [0.5, 0.6) is 0 Å². The second kappa shape index (κ2) is 30.8. The lowest BCUT2D eigenvalue weighted by molar-refractivity contribution is 0.0704. The van der Waals surface area contributed by atoms with Crippen molar-refractivity contribution in [1.82, 2.24) is 0 Å². The summed E-state index contributed by atoms with van der Waals surface area (Å²) in [4.78, 5) is 0. The number of rotatable bonds is 32. The van der Waals surface area contributed by atoms with E-state index in [1.165, 1.54) is 50.0 Å². The van der Waals surface area contributed by atoms with Crippen LogP contribution >= 0.6 is 82.5 Å². The zero-order chi connectivity index (χ0) is 32.2. The van der Waals surface area contributed by atoms with Gasteiger partial charge in [0.15, 0.2) is 0 Å². The monoisotopic (exact) mass is 804 g/mol. The van der Waals surface area contributed by atoms with Gasteiger partial charge in [0.2, 0.25) is 0 Å². The summed E-state index contributed by atoms with van der Waals surface area (Å²) in [6.45, 7) is 16.1. The fourth-order valence-electron chi connectivity index (χ4n) is 5.36. The second-order valence-corrected chi connectivity index (χ2v) is 28.1. The summed E-state index contributed by atoms with van der Waals surface area (Å²) in [6, 6.07) is 1.82. The van der Waals surface area contributed by atoms with Crippen molar-refractivity contribution in [3.05, 3.63) is 0 Å². The normalized spacial score (nSPS) is 17.9. The Kier molecular flexibility index (Phi) is 31.5. The van der Waals surface area contributed by atoms with E-state index in [1.807, 2.05) is 124 Å². The fourth-order valence-corrected chi connectivity index (χ4v) is 23.5. The lowest BCUT2D eigenvalue weighted by Crippen LogP contribution is -2.46. The van der Waals surface area contributed by atoms with E-state index in [9.17, 15) is 0 Å². The van der Waals surface area contributed by atoms with E-state index in [0.717, 1.165) is 48.3 Å². The predicted octanol–water partition coefficient (Wildman–Crippen LogP) is 11.8. The second-order valence-electron chi connectivity index (χ2n) is 10.1. The minimum absolute atomic E-state index is 0.655. The molecule has 264 valence electrons. The summed E-state index contributed by atoms with van der Waals surface area (Å²) in [5, 5.41) is 0. The molecule has 0 N–H and O–H groups in total. The lowest BCUT2D eigenvalue weighted by atomic mass is 9.76. The van der Waals surface area contributed by atoms with E-state index in [4.69, 9.17) is 26.6 Å². The quantitative estimate of drug-likeness (QED) is 0.0368. The first-order valence-corrected chi connectivity index (χ1v) is 30.7. The molecular weight excluding hydrogens is 745 g/mol. The third-order valence-electron chi connectivity index (χ3n) is 7.07. The van der Waals surface area contributed by atoms with E-state index < -0.39 is 17.6 Å². The van der Waals surface area contributed by atoms with Crippen molar-refractivity contribution < 1.29 is 26.6 Å². The largest absolute Gasteiger partial charge is 0.500 e. The van der Waals surface area contributed by atoms with Crippen molar-refractivity contribution in [3.8, 4) is 0 Å². The number of hydrogen-bond acceptors (Lipinski definition) is 14. The highest BCUT2D eigenvalue weighted by atomic mass is 33.7. The van der Waals surface area contributed by atoms with Crippen LogP contribution < -0.4 is 0 Å². The molecule has 0 aromatic rings. The van der Waals surface area contributed by atoms with Gasteiger partial charge in [-0.05, 0) is 118 Å². The van der Waals surface area contributed by atoms with Gasteiger partial charge < -0.3 is 26.6 Å². The molecule has 0 aliphatic heterocycles. The molecule has 6 nitrogen and oxygen atoms in total. The highest BCUT2D eigenvalue weighted by Gasteiger charge is 2.40. The highest BCUT2D eigenvalue weighted by molar-refractivity contribution is 9.26.